The van der Waals surface area contributed by atoms with E-state index in [9.17, 15) is 14.0 Å². The summed E-state index contributed by atoms with van der Waals surface area (Å²) in [5, 5.41) is 8.68. The Morgan fingerprint density at radius 1 is 1.29 bits per heavy atom. The Balaban J connectivity index is 1.86. The highest BCUT2D eigenvalue weighted by atomic mass is 19.1. The second-order valence-corrected chi connectivity index (χ2v) is 5.59. The molecule has 0 amide bonds. The van der Waals surface area contributed by atoms with Crippen LogP contribution in [0.2, 0.25) is 0 Å². The smallest absolute Gasteiger partial charge is 0.330 e. The lowest BCUT2D eigenvalue weighted by molar-refractivity contribution is -0.147. The van der Waals surface area contributed by atoms with Crippen LogP contribution in [0.3, 0.4) is 0 Å². The number of ether oxygens (including phenoxy) is 2. The Hall–Kier alpha value is -2.68. The van der Waals surface area contributed by atoms with Gasteiger partial charge in [-0.3, -0.25) is 4.79 Å². The summed E-state index contributed by atoms with van der Waals surface area (Å²) in [4.78, 5) is 23.5. The third kappa shape index (κ3) is 4.66. The van der Waals surface area contributed by atoms with Crippen molar-refractivity contribution in [1.82, 2.24) is 0 Å². The minimum absolute atomic E-state index is 0.0816. The fraction of sp³-hybridized carbons (Fsp3) is 0.389. The van der Waals surface area contributed by atoms with Gasteiger partial charge in [0.05, 0.1) is 11.5 Å². The van der Waals surface area contributed by atoms with E-state index in [0.29, 0.717) is 25.7 Å². The van der Waals surface area contributed by atoms with E-state index >= 15 is 0 Å². The maximum Gasteiger partial charge on any atom is 0.330 e. The Kier molecular flexibility index (Phi) is 6.07. The van der Waals surface area contributed by atoms with Gasteiger partial charge in [-0.15, -0.1) is 0 Å². The average Bonchev–Trinajstić information content (AvgIpc) is 2.56. The number of hydrogen-bond acceptors (Lipinski definition) is 5. The molecule has 0 saturated heterocycles. The van der Waals surface area contributed by atoms with Crippen molar-refractivity contribution in [3.8, 4) is 11.8 Å². The lowest BCUT2D eigenvalue weighted by atomic mass is 9.87. The molecule has 0 N–H and O–H groups in total. The first kappa shape index (κ1) is 17.7. The summed E-state index contributed by atoms with van der Waals surface area (Å²) < 4.78 is 24.0. The molecule has 1 aliphatic rings. The molecule has 0 atom stereocenters. The lowest BCUT2D eigenvalue weighted by Crippen LogP contribution is -2.29. The predicted molar refractivity (Wildman–Crippen MR) is 83.4 cm³/mol. The molecule has 0 bridgehead atoms. The summed E-state index contributed by atoms with van der Waals surface area (Å²) in [6.45, 7) is 1.74. The zero-order valence-corrected chi connectivity index (χ0v) is 13.3. The number of allylic oxidation sites excluding steroid dienone is 1. The Labute approximate surface area is 139 Å². The first-order chi connectivity index (χ1) is 11.5. The number of nitrogens with zero attached hydrogens (tertiary/aromatic N) is 1. The number of hydrogen-bond donors (Lipinski definition) is 0. The highest BCUT2D eigenvalue weighted by Crippen LogP contribution is 2.28. The molecule has 1 aliphatic carbocycles. The number of esters is 2. The molecule has 0 aliphatic heterocycles. The summed E-state index contributed by atoms with van der Waals surface area (Å²) in [7, 11) is 0. The van der Waals surface area contributed by atoms with Crippen LogP contribution in [0, 0.1) is 23.1 Å². The molecule has 0 spiro atoms. The molecular weight excluding hydrogens is 313 g/mol. The molecule has 1 aromatic carbocycles. The molecule has 0 unspecified atom stereocenters. The van der Waals surface area contributed by atoms with E-state index in [4.69, 9.17) is 14.7 Å². The predicted octanol–water partition coefficient (Wildman–Crippen LogP) is 3.28. The number of carbonyl (C=O) groups is 2. The van der Waals surface area contributed by atoms with Crippen molar-refractivity contribution < 1.29 is 23.5 Å². The van der Waals surface area contributed by atoms with E-state index in [1.807, 2.05) is 0 Å². The molecule has 5 nitrogen and oxygen atoms in total. The number of carbonyl (C=O) groups excluding carboxylic acids is 2. The Bertz CT molecular complexity index is 685. The zero-order chi connectivity index (χ0) is 17.5. The molecule has 0 radical (unpaired) electrons. The van der Waals surface area contributed by atoms with E-state index < -0.39 is 11.8 Å². The fourth-order valence-corrected chi connectivity index (χ4v) is 2.61. The SMILES string of the molecule is CC=CC(=O)OC1CCC(C(=O)Oc2ccc(C#N)c(F)c2)CC1. The molecule has 1 fully saturated rings. The van der Waals surface area contributed by atoms with E-state index in [2.05, 4.69) is 0 Å². The van der Waals surface area contributed by atoms with Gasteiger partial charge >= 0.3 is 11.9 Å². The standard InChI is InChI=1S/C18H18FNO4/c1-2-3-17(21)23-14-7-4-12(5-8-14)18(22)24-15-9-6-13(11-20)16(19)10-15/h2-3,6,9-10,12,14H,4-5,7-8H2,1H3. The molecule has 1 aromatic rings. The van der Waals surface area contributed by atoms with E-state index in [1.54, 1.807) is 19.1 Å². The average molecular weight is 331 g/mol. The molecule has 24 heavy (non-hydrogen) atoms. The van der Waals surface area contributed by atoms with Gasteiger partial charge in [0.1, 0.15) is 23.7 Å². The third-order valence-corrected chi connectivity index (χ3v) is 3.87. The minimum atomic E-state index is -0.720. The van der Waals surface area contributed by atoms with Crippen molar-refractivity contribution in [3.05, 3.63) is 41.7 Å². The van der Waals surface area contributed by atoms with Crippen LogP contribution >= 0.6 is 0 Å². The summed E-state index contributed by atoms with van der Waals surface area (Å²) >= 11 is 0. The number of halogens is 1. The molecule has 0 aromatic heterocycles. The van der Waals surface area contributed by atoms with Crippen molar-refractivity contribution in [2.24, 2.45) is 5.92 Å². The summed E-state index contributed by atoms with van der Waals surface area (Å²) in [6.07, 6.45) is 5.05. The summed E-state index contributed by atoms with van der Waals surface area (Å²) in [5.41, 5.74) is -0.0988. The maximum atomic E-state index is 13.5. The second-order valence-electron chi connectivity index (χ2n) is 5.59. The van der Waals surface area contributed by atoms with Crippen LogP contribution in [0.25, 0.3) is 0 Å². The van der Waals surface area contributed by atoms with E-state index in [-0.39, 0.29) is 29.3 Å². The molecule has 2 rings (SSSR count). The number of nitriles is 1. The van der Waals surface area contributed by atoms with Crippen molar-refractivity contribution >= 4 is 11.9 Å². The van der Waals surface area contributed by atoms with Gasteiger partial charge in [0.25, 0.3) is 0 Å². The van der Waals surface area contributed by atoms with Gasteiger partial charge in [-0.05, 0) is 44.7 Å². The summed E-state index contributed by atoms with van der Waals surface area (Å²) in [6, 6.07) is 5.40. The Morgan fingerprint density at radius 2 is 2.00 bits per heavy atom. The van der Waals surface area contributed by atoms with E-state index in [1.165, 1.54) is 18.2 Å². The van der Waals surface area contributed by atoms with Gasteiger partial charge in [0.15, 0.2) is 0 Å². The van der Waals surface area contributed by atoms with Gasteiger partial charge in [-0.1, -0.05) is 6.08 Å². The monoisotopic (exact) mass is 331 g/mol. The molecule has 6 heteroatoms. The number of benzene rings is 1. The number of rotatable bonds is 4. The topological polar surface area (TPSA) is 76.4 Å². The van der Waals surface area contributed by atoms with Crippen molar-refractivity contribution in [3.63, 3.8) is 0 Å². The van der Waals surface area contributed by atoms with Crippen LogP contribution in [0.5, 0.6) is 5.75 Å². The van der Waals surface area contributed by atoms with Crippen LogP contribution in [0.4, 0.5) is 4.39 Å². The van der Waals surface area contributed by atoms with Crippen LogP contribution in [-0.4, -0.2) is 18.0 Å². The van der Waals surface area contributed by atoms with Gasteiger partial charge < -0.3 is 9.47 Å². The highest BCUT2D eigenvalue weighted by molar-refractivity contribution is 5.82. The molecule has 126 valence electrons. The molecular formula is C18H18FNO4. The molecule has 0 heterocycles. The van der Waals surface area contributed by atoms with Crippen LogP contribution in [0.1, 0.15) is 38.2 Å². The summed E-state index contributed by atoms with van der Waals surface area (Å²) in [5.74, 6) is -1.75. The Morgan fingerprint density at radius 3 is 2.58 bits per heavy atom. The fourth-order valence-electron chi connectivity index (χ4n) is 2.61. The second kappa shape index (κ2) is 8.25. The first-order valence-corrected chi connectivity index (χ1v) is 7.78. The normalized spacial score (nSPS) is 20.4. The highest BCUT2D eigenvalue weighted by Gasteiger charge is 2.29. The molecule has 1 saturated carbocycles. The van der Waals surface area contributed by atoms with Gasteiger partial charge in [-0.25, -0.2) is 9.18 Å². The van der Waals surface area contributed by atoms with Crippen molar-refractivity contribution in [2.45, 2.75) is 38.7 Å². The van der Waals surface area contributed by atoms with Gasteiger partial charge in [0, 0.05) is 12.1 Å². The van der Waals surface area contributed by atoms with Crippen molar-refractivity contribution in [1.29, 1.82) is 5.26 Å². The quantitative estimate of drug-likeness (QED) is 0.481. The van der Waals surface area contributed by atoms with Crippen molar-refractivity contribution in [2.75, 3.05) is 0 Å². The largest absolute Gasteiger partial charge is 0.459 e. The third-order valence-electron chi connectivity index (χ3n) is 3.87. The van der Waals surface area contributed by atoms with Crippen LogP contribution in [0.15, 0.2) is 30.4 Å². The van der Waals surface area contributed by atoms with Gasteiger partial charge in [0.2, 0.25) is 0 Å². The van der Waals surface area contributed by atoms with Crippen LogP contribution in [-0.2, 0) is 14.3 Å². The maximum absolute atomic E-state index is 13.5. The minimum Gasteiger partial charge on any atom is -0.459 e. The zero-order valence-electron chi connectivity index (χ0n) is 13.3. The first-order valence-electron chi connectivity index (χ1n) is 7.78. The van der Waals surface area contributed by atoms with E-state index in [0.717, 1.165) is 6.07 Å². The lowest BCUT2D eigenvalue weighted by Gasteiger charge is -2.26. The van der Waals surface area contributed by atoms with Gasteiger partial charge in [-0.2, -0.15) is 5.26 Å². The van der Waals surface area contributed by atoms with Crippen LogP contribution < -0.4 is 4.74 Å².